The number of anilines is 1. The molecule has 8 heteroatoms. The number of halogens is 1. The molecule has 1 amide bonds. The summed E-state index contributed by atoms with van der Waals surface area (Å²) in [7, 11) is -2.04. The molecule has 2 aromatic carbocycles. The van der Waals surface area contributed by atoms with Crippen LogP contribution in [0.15, 0.2) is 47.4 Å². The molecular formula is C17H17ClN2O4S. The first-order valence-corrected chi connectivity index (χ1v) is 9.52. The predicted molar refractivity (Wildman–Crippen MR) is 95.7 cm³/mol. The Morgan fingerprint density at radius 1 is 1.16 bits per heavy atom. The van der Waals surface area contributed by atoms with Crippen LogP contribution in [0.25, 0.3) is 0 Å². The Balaban J connectivity index is 1.76. The molecule has 25 heavy (non-hydrogen) atoms. The van der Waals surface area contributed by atoms with Crippen LogP contribution in [0.5, 0.6) is 5.75 Å². The summed E-state index contributed by atoms with van der Waals surface area (Å²) in [6.45, 7) is 0. The largest absolute Gasteiger partial charge is 0.495 e. The Kier molecular flexibility index (Phi) is 4.99. The highest BCUT2D eigenvalue weighted by Gasteiger charge is 2.28. The van der Waals surface area contributed by atoms with Crippen LogP contribution < -0.4 is 14.8 Å². The van der Waals surface area contributed by atoms with Crippen molar-refractivity contribution < 1.29 is 17.9 Å². The standard InChI is InChI=1S/C17H17ClN2O4S/c1-24-16-9-4-12(18)10-15(16)19-17(21)11-2-7-14(8-3-11)25(22,23)20-13-5-6-13/h2-4,7-10,13,20H,5-6H2,1H3,(H,19,21). The lowest BCUT2D eigenvalue weighted by Gasteiger charge is -2.11. The fourth-order valence-corrected chi connectivity index (χ4v) is 3.72. The van der Waals surface area contributed by atoms with Crippen molar-refractivity contribution in [2.45, 2.75) is 23.8 Å². The topological polar surface area (TPSA) is 84.5 Å². The zero-order valence-corrected chi connectivity index (χ0v) is 15.0. The molecule has 1 aliphatic carbocycles. The number of hydrogen-bond donors (Lipinski definition) is 2. The number of nitrogens with one attached hydrogen (secondary N) is 2. The molecule has 0 aromatic heterocycles. The third-order valence-electron chi connectivity index (χ3n) is 3.74. The highest BCUT2D eigenvalue weighted by atomic mass is 35.5. The second-order valence-electron chi connectivity index (χ2n) is 5.72. The Hall–Kier alpha value is -2.09. The molecule has 2 aromatic rings. The minimum Gasteiger partial charge on any atom is -0.495 e. The minimum absolute atomic E-state index is 0.0308. The highest BCUT2D eigenvalue weighted by molar-refractivity contribution is 7.89. The molecule has 1 fully saturated rings. The third-order valence-corrected chi connectivity index (χ3v) is 5.51. The average Bonchev–Trinajstić information content (AvgIpc) is 3.38. The van der Waals surface area contributed by atoms with Gasteiger partial charge in [-0.15, -0.1) is 0 Å². The van der Waals surface area contributed by atoms with Gasteiger partial charge in [0.15, 0.2) is 0 Å². The third kappa shape index (κ3) is 4.31. The van der Waals surface area contributed by atoms with Gasteiger partial charge in [0, 0.05) is 16.6 Å². The van der Waals surface area contributed by atoms with Crippen LogP contribution >= 0.6 is 11.6 Å². The molecule has 0 atom stereocenters. The lowest BCUT2D eigenvalue weighted by molar-refractivity contribution is 0.102. The second-order valence-corrected chi connectivity index (χ2v) is 7.87. The van der Waals surface area contributed by atoms with E-state index in [1.807, 2.05) is 0 Å². The fraction of sp³-hybridized carbons (Fsp3) is 0.235. The lowest BCUT2D eigenvalue weighted by atomic mass is 10.2. The van der Waals surface area contributed by atoms with Crippen LogP contribution in [0.3, 0.4) is 0 Å². The lowest BCUT2D eigenvalue weighted by Crippen LogP contribution is -2.25. The molecule has 0 bridgehead atoms. The number of carbonyl (C=O) groups is 1. The van der Waals surface area contributed by atoms with E-state index in [1.54, 1.807) is 18.2 Å². The Labute approximate surface area is 151 Å². The first-order chi connectivity index (χ1) is 11.9. The first kappa shape index (κ1) is 17.7. The van der Waals surface area contributed by atoms with Crippen LogP contribution in [-0.4, -0.2) is 27.5 Å². The van der Waals surface area contributed by atoms with E-state index in [-0.39, 0.29) is 16.8 Å². The second kappa shape index (κ2) is 7.03. The first-order valence-electron chi connectivity index (χ1n) is 7.66. The number of carbonyl (C=O) groups excluding carboxylic acids is 1. The van der Waals surface area contributed by atoms with Crippen molar-refractivity contribution in [1.82, 2.24) is 4.72 Å². The number of ether oxygens (including phenoxy) is 1. The van der Waals surface area contributed by atoms with Gasteiger partial charge in [0.2, 0.25) is 10.0 Å². The number of hydrogen-bond acceptors (Lipinski definition) is 4. The summed E-state index contributed by atoms with van der Waals surface area (Å²) >= 11 is 5.94. The van der Waals surface area contributed by atoms with Crippen LogP contribution in [0.1, 0.15) is 23.2 Å². The minimum atomic E-state index is -3.53. The van der Waals surface area contributed by atoms with Gasteiger partial charge in [0.05, 0.1) is 17.7 Å². The van der Waals surface area contributed by atoms with E-state index >= 15 is 0 Å². The van der Waals surface area contributed by atoms with E-state index in [4.69, 9.17) is 16.3 Å². The summed E-state index contributed by atoms with van der Waals surface area (Å²) in [5.41, 5.74) is 0.763. The van der Waals surface area contributed by atoms with Gasteiger partial charge in [0.1, 0.15) is 5.75 Å². The number of amides is 1. The van der Waals surface area contributed by atoms with Crippen molar-refractivity contribution in [3.63, 3.8) is 0 Å². The normalized spacial score (nSPS) is 14.2. The van der Waals surface area contributed by atoms with Crippen molar-refractivity contribution in [3.05, 3.63) is 53.1 Å². The van der Waals surface area contributed by atoms with Crippen molar-refractivity contribution in [2.24, 2.45) is 0 Å². The summed E-state index contributed by atoms with van der Waals surface area (Å²) in [5.74, 6) is 0.0882. The summed E-state index contributed by atoms with van der Waals surface area (Å²) in [6.07, 6.45) is 1.72. The molecule has 0 aliphatic heterocycles. The van der Waals surface area contributed by atoms with E-state index in [1.165, 1.54) is 31.4 Å². The fourth-order valence-electron chi connectivity index (χ4n) is 2.25. The molecular weight excluding hydrogens is 364 g/mol. The van der Waals surface area contributed by atoms with Crippen molar-refractivity contribution in [2.75, 3.05) is 12.4 Å². The molecule has 6 nitrogen and oxygen atoms in total. The molecule has 0 heterocycles. The van der Waals surface area contributed by atoms with Crippen LogP contribution in [0, 0.1) is 0 Å². The molecule has 0 unspecified atom stereocenters. The van der Waals surface area contributed by atoms with Gasteiger partial charge in [0.25, 0.3) is 5.91 Å². The van der Waals surface area contributed by atoms with Gasteiger partial charge in [-0.2, -0.15) is 0 Å². The van der Waals surface area contributed by atoms with Crippen molar-refractivity contribution >= 4 is 33.2 Å². The Morgan fingerprint density at radius 2 is 1.84 bits per heavy atom. The van der Waals surface area contributed by atoms with Gasteiger partial charge in [-0.05, 0) is 55.3 Å². The van der Waals surface area contributed by atoms with Gasteiger partial charge in [-0.25, -0.2) is 13.1 Å². The molecule has 132 valence electrons. The van der Waals surface area contributed by atoms with E-state index in [0.29, 0.717) is 22.0 Å². The van der Waals surface area contributed by atoms with Crippen LogP contribution in [-0.2, 0) is 10.0 Å². The smallest absolute Gasteiger partial charge is 0.255 e. The van der Waals surface area contributed by atoms with E-state index in [2.05, 4.69) is 10.0 Å². The SMILES string of the molecule is COc1ccc(Cl)cc1NC(=O)c1ccc(S(=O)(=O)NC2CC2)cc1. The highest BCUT2D eigenvalue weighted by Crippen LogP contribution is 2.28. The van der Waals surface area contributed by atoms with E-state index < -0.39 is 10.0 Å². The molecule has 0 saturated heterocycles. The van der Waals surface area contributed by atoms with E-state index in [0.717, 1.165) is 12.8 Å². The maximum absolute atomic E-state index is 12.4. The number of sulfonamides is 1. The van der Waals surface area contributed by atoms with Crippen LogP contribution in [0.2, 0.25) is 5.02 Å². The van der Waals surface area contributed by atoms with Gasteiger partial charge in [-0.1, -0.05) is 11.6 Å². The summed E-state index contributed by atoms with van der Waals surface area (Å²) in [4.78, 5) is 12.5. The predicted octanol–water partition coefficient (Wildman–Crippen LogP) is 3.04. The zero-order chi connectivity index (χ0) is 18.0. The van der Waals surface area contributed by atoms with Gasteiger partial charge >= 0.3 is 0 Å². The molecule has 2 N–H and O–H groups in total. The van der Waals surface area contributed by atoms with Gasteiger partial charge < -0.3 is 10.1 Å². The number of methoxy groups -OCH3 is 1. The maximum Gasteiger partial charge on any atom is 0.255 e. The number of benzene rings is 2. The molecule has 1 aliphatic rings. The van der Waals surface area contributed by atoms with Crippen LogP contribution in [0.4, 0.5) is 5.69 Å². The average molecular weight is 381 g/mol. The number of rotatable bonds is 6. The molecule has 3 rings (SSSR count). The Morgan fingerprint density at radius 3 is 2.44 bits per heavy atom. The van der Waals surface area contributed by atoms with Crippen molar-refractivity contribution in [1.29, 1.82) is 0 Å². The quantitative estimate of drug-likeness (QED) is 0.806. The van der Waals surface area contributed by atoms with Crippen molar-refractivity contribution in [3.8, 4) is 5.75 Å². The zero-order valence-electron chi connectivity index (χ0n) is 13.5. The molecule has 1 saturated carbocycles. The summed E-state index contributed by atoms with van der Waals surface area (Å²) in [5, 5.41) is 3.17. The monoisotopic (exact) mass is 380 g/mol. The Bertz CT molecular complexity index is 893. The molecule has 0 spiro atoms. The maximum atomic E-state index is 12.4. The van der Waals surface area contributed by atoms with Gasteiger partial charge in [-0.3, -0.25) is 4.79 Å². The molecule has 0 radical (unpaired) electrons. The van der Waals surface area contributed by atoms with E-state index in [9.17, 15) is 13.2 Å². The summed E-state index contributed by atoms with van der Waals surface area (Å²) < 4.78 is 32.0. The summed E-state index contributed by atoms with van der Waals surface area (Å²) in [6, 6.07) is 10.7.